The fraction of sp³-hybridized carbons (Fsp3) is 1.00. The molecule has 0 amide bonds. The smallest absolute Gasteiger partial charge is 0.345 e. The first-order valence-electron chi connectivity index (χ1n) is 4.60. The van der Waals surface area contributed by atoms with Gasteiger partial charge in [0.15, 0.2) is 0 Å². The number of ether oxygens (including phenoxy) is 2. The van der Waals surface area contributed by atoms with Crippen molar-refractivity contribution in [3.8, 4) is 0 Å². The van der Waals surface area contributed by atoms with E-state index in [4.69, 9.17) is 4.74 Å². The zero-order valence-electron chi connectivity index (χ0n) is 7.60. The average Bonchev–Trinajstić information content (AvgIpc) is 2.42. The number of aliphatic hydroxyl groups is 1. The Balaban J connectivity index is 1.72. The lowest BCUT2D eigenvalue weighted by Crippen LogP contribution is -2.59. The van der Waals surface area contributed by atoms with Gasteiger partial charge in [0, 0.05) is 13.1 Å². The lowest BCUT2D eigenvalue weighted by atomic mass is 10.1. The fourth-order valence-corrected chi connectivity index (χ4v) is 1.85. The van der Waals surface area contributed by atoms with E-state index < -0.39 is 18.8 Å². The Kier molecular flexibility index (Phi) is 2.96. The number of alkyl halides is 2. The van der Waals surface area contributed by atoms with Crippen LogP contribution < -0.4 is 0 Å². The third kappa shape index (κ3) is 2.03. The molecule has 2 fully saturated rings. The molecule has 6 heteroatoms. The van der Waals surface area contributed by atoms with Crippen LogP contribution in [0.1, 0.15) is 0 Å². The molecule has 2 unspecified atom stereocenters. The van der Waals surface area contributed by atoms with Gasteiger partial charge in [-0.1, -0.05) is 0 Å². The van der Waals surface area contributed by atoms with Gasteiger partial charge in [-0.15, -0.1) is 0 Å². The molecular weight excluding hydrogens is 196 g/mol. The first kappa shape index (κ1) is 10.2. The van der Waals surface area contributed by atoms with Crippen LogP contribution in [-0.4, -0.2) is 61.2 Å². The molecule has 0 bridgehead atoms. The first-order valence-corrected chi connectivity index (χ1v) is 4.60. The van der Waals surface area contributed by atoms with Crippen molar-refractivity contribution in [2.75, 3.05) is 26.3 Å². The summed E-state index contributed by atoms with van der Waals surface area (Å²) in [4.78, 5) is 1.91. The highest BCUT2D eigenvalue weighted by atomic mass is 19.3. The molecule has 0 aliphatic carbocycles. The largest absolute Gasteiger partial charge is 0.389 e. The maximum Gasteiger partial charge on any atom is 0.345 e. The Morgan fingerprint density at radius 2 is 2.07 bits per heavy atom. The molecule has 2 aliphatic heterocycles. The Morgan fingerprint density at radius 1 is 1.36 bits per heavy atom. The Bertz CT molecular complexity index is 199. The molecule has 0 aromatic rings. The van der Waals surface area contributed by atoms with E-state index in [1.165, 1.54) is 0 Å². The SMILES string of the molecule is OC1COCC1N1CC(OC(F)F)C1. The van der Waals surface area contributed by atoms with Gasteiger partial charge in [-0.05, 0) is 0 Å². The molecule has 2 atom stereocenters. The van der Waals surface area contributed by atoms with Gasteiger partial charge in [0.1, 0.15) is 0 Å². The van der Waals surface area contributed by atoms with Gasteiger partial charge in [0.05, 0.1) is 31.5 Å². The van der Waals surface area contributed by atoms with Crippen LogP contribution in [0.2, 0.25) is 0 Å². The number of nitrogens with zero attached hydrogens (tertiary/aromatic N) is 1. The van der Waals surface area contributed by atoms with Crippen LogP contribution in [0.3, 0.4) is 0 Å². The van der Waals surface area contributed by atoms with Gasteiger partial charge in [0.2, 0.25) is 0 Å². The van der Waals surface area contributed by atoms with Crippen molar-refractivity contribution in [3.05, 3.63) is 0 Å². The summed E-state index contributed by atoms with van der Waals surface area (Å²) in [5.41, 5.74) is 0. The van der Waals surface area contributed by atoms with Crippen LogP contribution >= 0.6 is 0 Å². The van der Waals surface area contributed by atoms with E-state index >= 15 is 0 Å². The van der Waals surface area contributed by atoms with Crippen LogP contribution in [-0.2, 0) is 9.47 Å². The summed E-state index contributed by atoms with van der Waals surface area (Å²) in [5, 5.41) is 9.44. The van der Waals surface area contributed by atoms with Crippen LogP contribution in [0.4, 0.5) is 8.78 Å². The van der Waals surface area contributed by atoms with Crippen LogP contribution in [0.5, 0.6) is 0 Å². The highest BCUT2D eigenvalue weighted by Crippen LogP contribution is 2.22. The summed E-state index contributed by atoms with van der Waals surface area (Å²) in [6.45, 7) is -0.985. The van der Waals surface area contributed by atoms with E-state index in [1.54, 1.807) is 0 Å². The summed E-state index contributed by atoms with van der Waals surface area (Å²) < 4.78 is 32.9. The second-order valence-electron chi connectivity index (χ2n) is 3.64. The van der Waals surface area contributed by atoms with Gasteiger partial charge in [0.25, 0.3) is 0 Å². The molecule has 4 nitrogen and oxygen atoms in total. The summed E-state index contributed by atoms with van der Waals surface area (Å²) >= 11 is 0. The summed E-state index contributed by atoms with van der Waals surface area (Å²) in [6, 6.07) is -0.0486. The molecule has 2 aliphatic rings. The highest BCUT2D eigenvalue weighted by Gasteiger charge is 2.40. The minimum absolute atomic E-state index is 0.0486. The quantitative estimate of drug-likeness (QED) is 0.691. The molecule has 0 aromatic carbocycles. The third-order valence-electron chi connectivity index (χ3n) is 2.66. The molecule has 0 saturated carbocycles. The maximum absolute atomic E-state index is 11.8. The molecule has 0 spiro atoms. The zero-order valence-corrected chi connectivity index (χ0v) is 7.60. The van der Waals surface area contributed by atoms with Crippen molar-refractivity contribution in [1.82, 2.24) is 4.90 Å². The topological polar surface area (TPSA) is 41.9 Å². The Hall–Kier alpha value is -0.300. The average molecular weight is 209 g/mol. The molecule has 2 saturated heterocycles. The van der Waals surface area contributed by atoms with Crippen LogP contribution in [0.15, 0.2) is 0 Å². The van der Waals surface area contributed by atoms with Crippen molar-refractivity contribution >= 4 is 0 Å². The summed E-state index contributed by atoms with van der Waals surface area (Å²) in [7, 11) is 0. The van der Waals surface area contributed by atoms with Gasteiger partial charge >= 0.3 is 6.61 Å². The molecule has 2 heterocycles. The van der Waals surface area contributed by atoms with E-state index in [2.05, 4.69) is 4.74 Å². The predicted molar refractivity (Wildman–Crippen MR) is 43.1 cm³/mol. The molecule has 14 heavy (non-hydrogen) atoms. The van der Waals surface area contributed by atoms with Crippen molar-refractivity contribution in [2.45, 2.75) is 24.9 Å². The minimum atomic E-state index is -2.70. The number of likely N-dealkylation sites (tertiary alicyclic amines) is 1. The van der Waals surface area contributed by atoms with E-state index in [9.17, 15) is 13.9 Å². The molecule has 82 valence electrons. The van der Waals surface area contributed by atoms with Crippen LogP contribution in [0, 0.1) is 0 Å². The van der Waals surface area contributed by atoms with Gasteiger partial charge in [-0.3, -0.25) is 4.90 Å². The first-order chi connectivity index (χ1) is 6.66. The second kappa shape index (κ2) is 4.06. The Morgan fingerprint density at radius 3 is 2.57 bits per heavy atom. The maximum atomic E-state index is 11.8. The minimum Gasteiger partial charge on any atom is -0.389 e. The van der Waals surface area contributed by atoms with Crippen molar-refractivity contribution in [2.24, 2.45) is 0 Å². The van der Waals surface area contributed by atoms with Gasteiger partial charge in [-0.25, -0.2) is 0 Å². The predicted octanol–water partition coefficient (Wildman–Crippen LogP) is -0.331. The lowest BCUT2D eigenvalue weighted by molar-refractivity contribution is -0.203. The number of rotatable bonds is 3. The van der Waals surface area contributed by atoms with E-state index in [0.29, 0.717) is 26.3 Å². The number of aliphatic hydroxyl groups excluding tert-OH is 1. The second-order valence-corrected chi connectivity index (χ2v) is 3.64. The Labute approximate surface area is 80.4 Å². The third-order valence-corrected chi connectivity index (χ3v) is 2.66. The van der Waals surface area contributed by atoms with E-state index in [0.717, 1.165) is 0 Å². The molecule has 0 radical (unpaired) electrons. The van der Waals surface area contributed by atoms with Crippen molar-refractivity contribution in [3.63, 3.8) is 0 Å². The molecular formula is C8H13F2NO3. The normalized spacial score (nSPS) is 35.1. The number of hydrogen-bond donors (Lipinski definition) is 1. The van der Waals surface area contributed by atoms with E-state index in [1.807, 2.05) is 4.90 Å². The van der Waals surface area contributed by atoms with Gasteiger partial charge < -0.3 is 14.6 Å². The lowest BCUT2D eigenvalue weighted by Gasteiger charge is -2.42. The molecule has 2 rings (SSSR count). The standard InChI is InChI=1S/C8H13F2NO3/c9-8(10)14-5-1-11(2-5)6-3-13-4-7(6)12/h5-8,12H,1-4H2. The summed E-state index contributed by atoms with van der Waals surface area (Å²) in [6.07, 6.45) is -0.898. The van der Waals surface area contributed by atoms with Crippen LogP contribution in [0.25, 0.3) is 0 Å². The monoisotopic (exact) mass is 209 g/mol. The molecule has 0 aromatic heterocycles. The highest BCUT2D eigenvalue weighted by molar-refractivity contribution is 4.92. The summed E-state index contributed by atoms with van der Waals surface area (Å²) in [5.74, 6) is 0. The van der Waals surface area contributed by atoms with Gasteiger partial charge in [-0.2, -0.15) is 8.78 Å². The number of hydrogen-bond acceptors (Lipinski definition) is 4. The number of halogens is 2. The molecule has 1 N–H and O–H groups in total. The van der Waals surface area contributed by atoms with Crippen molar-refractivity contribution < 1.29 is 23.4 Å². The van der Waals surface area contributed by atoms with E-state index in [-0.39, 0.29) is 6.04 Å². The van der Waals surface area contributed by atoms with Crippen molar-refractivity contribution in [1.29, 1.82) is 0 Å². The zero-order chi connectivity index (χ0) is 10.1. The fourth-order valence-electron chi connectivity index (χ4n) is 1.85.